The number of nitrogens with zero attached hydrogens (tertiary/aromatic N) is 6. The number of likely N-dealkylation sites (N-methyl/N-ethyl adjacent to an activating group) is 1. The lowest BCUT2D eigenvalue weighted by molar-refractivity contribution is 0.312. The van der Waals surface area contributed by atoms with Gasteiger partial charge in [-0.3, -0.25) is 0 Å². The summed E-state index contributed by atoms with van der Waals surface area (Å²) in [5, 5.41) is 6.72. The number of anilines is 1. The van der Waals surface area contributed by atoms with Crippen molar-refractivity contribution in [1.29, 1.82) is 0 Å². The van der Waals surface area contributed by atoms with Gasteiger partial charge in [0.25, 0.3) is 0 Å². The van der Waals surface area contributed by atoms with Crippen LogP contribution in [0.5, 0.6) is 0 Å². The highest BCUT2D eigenvalue weighted by Crippen LogP contribution is 2.28. The first-order valence-electron chi connectivity index (χ1n) is 8.16. The van der Waals surface area contributed by atoms with Crippen LogP contribution in [-0.2, 0) is 6.54 Å². The van der Waals surface area contributed by atoms with E-state index in [1.54, 1.807) is 6.33 Å². The molecule has 3 aromatic rings. The van der Waals surface area contributed by atoms with Crippen molar-refractivity contribution in [2.45, 2.75) is 6.54 Å². The molecule has 3 heterocycles. The van der Waals surface area contributed by atoms with Gasteiger partial charge in [0, 0.05) is 41.8 Å². The van der Waals surface area contributed by atoms with Crippen molar-refractivity contribution < 1.29 is 0 Å². The number of aromatic nitrogens is 4. The molecule has 1 aliphatic rings. The van der Waals surface area contributed by atoms with Gasteiger partial charge in [-0.1, -0.05) is 29.3 Å². The molecule has 1 aliphatic heterocycles. The zero-order valence-corrected chi connectivity index (χ0v) is 15.4. The molecule has 0 spiro atoms. The first-order valence-corrected chi connectivity index (χ1v) is 8.92. The SMILES string of the molecule is CN1CCN(c2ncnc3c2cnn3Cc2c(Cl)cccc2Cl)CC1. The van der Waals surface area contributed by atoms with Crippen LogP contribution in [0.2, 0.25) is 10.0 Å². The van der Waals surface area contributed by atoms with Gasteiger partial charge in [0.2, 0.25) is 0 Å². The molecule has 6 nitrogen and oxygen atoms in total. The van der Waals surface area contributed by atoms with Crippen molar-refractivity contribution in [3.8, 4) is 0 Å². The Morgan fingerprint density at radius 2 is 1.76 bits per heavy atom. The maximum Gasteiger partial charge on any atom is 0.163 e. The average molecular weight is 377 g/mol. The van der Waals surface area contributed by atoms with Crippen LogP contribution in [-0.4, -0.2) is 57.9 Å². The van der Waals surface area contributed by atoms with Crippen molar-refractivity contribution in [3.63, 3.8) is 0 Å². The number of hydrogen-bond donors (Lipinski definition) is 0. The Morgan fingerprint density at radius 1 is 1.04 bits per heavy atom. The number of hydrogen-bond acceptors (Lipinski definition) is 5. The Balaban J connectivity index is 1.69. The summed E-state index contributed by atoms with van der Waals surface area (Å²) in [4.78, 5) is 13.5. The van der Waals surface area contributed by atoms with E-state index in [2.05, 4.69) is 31.9 Å². The Kier molecular flexibility index (Phi) is 4.50. The third kappa shape index (κ3) is 3.17. The van der Waals surface area contributed by atoms with Crippen LogP contribution in [0, 0.1) is 0 Å². The molecule has 0 bridgehead atoms. The molecule has 1 saturated heterocycles. The summed E-state index contributed by atoms with van der Waals surface area (Å²) in [7, 11) is 2.14. The van der Waals surface area contributed by atoms with Gasteiger partial charge in [-0.25, -0.2) is 14.6 Å². The summed E-state index contributed by atoms with van der Waals surface area (Å²) in [6.45, 7) is 4.42. The zero-order chi connectivity index (χ0) is 17.4. The summed E-state index contributed by atoms with van der Waals surface area (Å²) < 4.78 is 1.82. The van der Waals surface area contributed by atoms with Crippen LogP contribution in [0.1, 0.15) is 5.56 Å². The summed E-state index contributed by atoms with van der Waals surface area (Å²) in [6, 6.07) is 5.50. The lowest BCUT2D eigenvalue weighted by Gasteiger charge is -2.33. The van der Waals surface area contributed by atoms with Crippen LogP contribution in [0.25, 0.3) is 11.0 Å². The van der Waals surface area contributed by atoms with Gasteiger partial charge in [-0.15, -0.1) is 0 Å². The molecular weight excluding hydrogens is 359 g/mol. The fourth-order valence-electron chi connectivity index (χ4n) is 3.10. The van der Waals surface area contributed by atoms with Crippen molar-refractivity contribution in [3.05, 3.63) is 46.3 Å². The maximum absolute atomic E-state index is 6.29. The van der Waals surface area contributed by atoms with Crippen molar-refractivity contribution in [1.82, 2.24) is 24.6 Å². The smallest absolute Gasteiger partial charge is 0.163 e. The monoisotopic (exact) mass is 376 g/mol. The minimum Gasteiger partial charge on any atom is -0.353 e. The van der Waals surface area contributed by atoms with Crippen molar-refractivity contribution in [2.75, 3.05) is 38.1 Å². The molecule has 8 heteroatoms. The molecule has 0 amide bonds. The van der Waals surface area contributed by atoms with Gasteiger partial charge in [-0.05, 0) is 19.2 Å². The van der Waals surface area contributed by atoms with E-state index < -0.39 is 0 Å². The third-order valence-electron chi connectivity index (χ3n) is 4.58. The molecule has 0 aliphatic carbocycles. The molecular formula is C17H18Cl2N6. The predicted molar refractivity (Wildman–Crippen MR) is 101 cm³/mol. The van der Waals surface area contributed by atoms with Gasteiger partial charge < -0.3 is 9.80 Å². The Hall–Kier alpha value is -1.89. The fourth-order valence-corrected chi connectivity index (χ4v) is 3.62. The molecule has 0 saturated carbocycles. The fraction of sp³-hybridized carbons (Fsp3) is 0.353. The third-order valence-corrected chi connectivity index (χ3v) is 5.29. The maximum atomic E-state index is 6.29. The standard InChI is InChI=1S/C17H18Cl2N6/c1-23-5-7-24(8-6-23)16-12-9-22-25(17(12)21-11-20-16)10-13-14(18)3-2-4-15(13)19/h2-4,9,11H,5-8,10H2,1H3. The summed E-state index contributed by atoms with van der Waals surface area (Å²) >= 11 is 12.6. The second-order valence-electron chi connectivity index (χ2n) is 6.23. The molecule has 1 aromatic carbocycles. The number of fused-ring (bicyclic) bond motifs is 1. The lowest BCUT2D eigenvalue weighted by atomic mass is 10.2. The Labute approximate surface area is 156 Å². The molecule has 0 atom stereocenters. The van der Waals surface area contributed by atoms with E-state index in [0.29, 0.717) is 16.6 Å². The second-order valence-corrected chi connectivity index (χ2v) is 7.04. The predicted octanol–water partition coefficient (Wildman–Crippen LogP) is 2.93. The summed E-state index contributed by atoms with van der Waals surface area (Å²) in [6.07, 6.45) is 3.43. The van der Waals surface area contributed by atoms with Gasteiger partial charge in [0.15, 0.2) is 5.65 Å². The van der Waals surface area contributed by atoms with Crippen molar-refractivity contribution in [2.24, 2.45) is 0 Å². The lowest BCUT2D eigenvalue weighted by Crippen LogP contribution is -2.44. The topological polar surface area (TPSA) is 50.1 Å². The molecule has 0 radical (unpaired) electrons. The Bertz CT molecular complexity index is 881. The number of rotatable bonds is 3. The van der Waals surface area contributed by atoms with Crippen LogP contribution < -0.4 is 4.90 Å². The highest BCUT2D eigenvalue weighted by molar-refractivity contribution is 6.36. The molecule has 4 rings (SSSR count). The van der Waals surface area contributed by atoms with Crippen LogP contribution in [0.3, 0.4) is 0 Å². The van der Waals surface area contributed by atoms with E-state index in [4.69, 9.17) is 23.2 Å². The van der Waals surface area contributed by atoms with Gasteiger partial charge in [-0.2, -0.15) is 5.10 Å². The van der Waals surface area contributed by atoms with Gasteiger partial charge in [0.1, 0.15) is 12.1 Å². The summed E-state index contributed by atoms with van der Waals surface area (Å²) in [5.74, 6) is 0.939. The number of halogens is 2. The largest absolute Gasteiger partial charge is 0.353 e. The molecule has 0 N–H and O–H groups in total. The normalized spacial score (nSPS) is 15.9. The minimum absolute atomic E-state index is 0.473. The second kappa shape index (κ2) is 6.78. The summed E-state index contributed by atoms with van der Waals surface area (Å²) in [5.41, 5.74) is 1.63. The zero-order valence-electron chi connectivity index (χ0n) is 13.9. The van der Waals surface area contributed by atoms with Crippen LogP contribution in [0.4, 0.5) is 5.82 Å². The van der Waals surface area contributed by atoms with E-state index >= 15 is 0 Å². The van der Waals surface area contributed by atoms with E-state index in [0.717, 1.165) is 48.6 Å². The quantitative estimate of drug-likeness (QED) is 0.703. The van der Waals surface area contributed by atoms with E-state index in [-0.39, 0.29) is 0 Å². The van der Waals surface area contributed by atoms with Gasteiger partial charge >= 0.3 is 0 Å². The van der Waals surface area contributed by atoms with Crippen LogP contribution in [0.15, 0.2) is 30.7 Å². The average Bonchev–Trinajstić information content (AvgIpc) is 3.02. The number of piperazine rings is 1. The highest BCUT2D eigenvalue weighted by Gasteiger charge is 2.20. The van der Waals surface area contributed by atoms with Crippen molar-refractivity contribution >= 4 is 40.1 Å². The molecule has 130 valence electrons. The van der Waals surface area contributed by atoms with Crippen LogP contribution >= 0.6 is 23.2 Å². The minimum atomic E-state index is 0.473. The highest BCUT2D eigenvalue weighted by atomic mass is 35.5. The first kappa shape index (κ1) is 16.6. The Morgan fingerprint density at radius 3 is 2.48 bits per heavy atom. The van der Waals surface area contributed by atoms with E-state index in [1.165, 1.54) is 0 Å². The molecule has 25 heavy (non-hydrogen) atoms. The molecule has 1 fully saturated rings. The molecule has 0 unspecified atom stereocenters. The van der Waals surface area contributed by atoms with Gasteiger partial charge in [0.05, 0.1) is 18.1 Å². The van der Waals surface area contributed by atoms with E-state index in [1.807, 2.05) is 29.1 Å². The number of benzene rings is 1. The first-order chi connectivity index (χ1) is 12.1. The molecule has 2 aromatic heterocycles. The van der Waals surface area contributed by atoms with E-state index in [9.17, 15) is 0 Å².